The van der Waals surface area contributed by atoms with Gasteiger partial charge in [-0.25, -0.2) is 0 Å². The minimum absolute atomic E-state index is 0.00273. The van der Waals surface area contributed by atoms with E-state index in [2.05, 4.69) is 32.0 Å². The summed E-state index contributed by atoms with van der Waals surface area (Å²) < 4.78 is 5.37. The Balaban J connectivity index is 1.93. The number of benzene rings is 2. The van der Waals surface area contributed by atoms with Gasteiger partial charge in [-0.1, -0.05) is 47.5 Å². The Hall–Kier alpha value is -1.45. The number of para-hydroxylation sites is 1. The van der Waals surface area contributed by atoms with E-state index in [1.807, 2.05) is 36.0 Å². The highest BCUT2D eigenvalue weighted by Crippen LogP contribution is 2.27. The minimum Gasteiger partial charge on any atom is -0.496 e. The van der Waals surface area contributed by atoms with Crippen molar-refractivity contribution in [3.05, 3.63) is 64.7 Å². The molecule has 0 spiro atoms. The third kappa shape index (κ3) is 4.51. The number of methoxy groups -OCH3 is 1. The van der Waals surface area contributed by atoms with Crippen molar-refractivity contribution in [3.8, 4) is 5.75 Å². The van der Waals surface area contributed by atoms with Crippen molar-refractivity contribution in [2.24, 2.45) is 5.73 Å². The predicted molar refractivity (Wildman–Crippen MR) is 92.0 cm³/mol. The smallest absolute Gasteiger partial charge is 0.123 e. The van der Waals surface area contributed by atoms with Crippen LogP contribution < -0.4 is 10.5 Å². The molecule has 2 rings (SSSR count). The molecule has 0 aliphatic carbocycles. The zero-order chi connectivity index (χ0) is 15.2. The molecule has 3 heteroatoms. The highest BCUT2D eigenvalue weighted by atomic mass is 32.2. The van der Waals surface area contributed by atoms with Crippen LogP contribution in [0.1, 0.15) is 28.3 Å². The minimum atomic E-state index is -0.00273. The van der Waals surface area contributed by atoms with Crippen LogP contribution in [-0.2, 0) is 5.75 Å². The van der Waals surface area contributed by atoms with Gasteiger partial charge in [0.15, 0.2) is 0 Å². The fourth-order valence-corrected chi connectivity index (χ4v) is 3.47. The topological polar surface area (TPSA) is 35.2 Å². The molecule has 0 amide bonds. The molecular formula is C18H23NOS. The van der Waals surface area contributed by atoms with Gasteiger partial charge in [0.1, 0.15) is 5.75 Å². The average molecular weight is 301 g/mol. The molecule has 2 aromatic carbocycles. The summed E-state index contributed by atoms with van der Waals surface area (Å²) in [6.07, 6.45) is 0. The molecule has 0 bridgehead atoms. The Labute approximate surface area is 131 Å². The first-order valence-corrected chi connectivity index (χ1v) is 8.29. The van der Waals surface area contributed by atoms with Gasteiger partial charge < -0.3 is 10.5 Å². The molecule has 0 saturated heterocycles. The molecular weight excluding hydrogens is 278 g/mol. The normalized spacial score (nSPS) is 12.2. The molecule has 0 aliphatic rings. The number of nitrogens with two attached hydrogens (primary N) is 1. The first kappa shape index (κ1) is 15.9. The molecule has 0 radical (unpaired) electrons. The van der Waals surface area contributed by atoms with Gasteiger partial charge in [0.25, 0.3) is 0 Å². The van der Waals surface area contributed by atoms with Crippen LogP contribution in [0.25, 0.3) is 0 Å². The van der Waals surface area contributed by atoms with Gasteiger partial charge >= 0.3 is 0 Å². The molecule has 112 valence electrons. The summed E-state index contributed by atoms with van der Waals surface area (Å²) in [5.74, 6) is 2.75. The fourth-order valence-electron chi connectivity index (χ4n) is 2.52. The van der Waals surface area contributed by atoms with Gasteiger partial charge in [0.05, 0.1) is 7.11 Å². The van der Waals surface area contributed by atoms with Crippen molar-refractivity contribution in [1.29, 1.82) is 0 Å². The Morgan fingerprint density at radius 2 is 1.76 bits per heavy atom. The van der Waals surface area contributed by atoms with Gasteiger partial charge in [0.2, 0.25) is 0 Å². The molecule has 2 N–H and O–H groups in total. The van der Waals surface area contributed by atoms with E-state index in [0.29, 0.717) is 0 Å². The second-order valence-electron chi connectivity index (χ2n) is 5.36. The second kappa shape index (κ2) is 7.53. The maximum atomic E-state index is 6.29. The highest BCUT2D eigenvalue weighted by molar-refractivity contribution is 7.98. The Morgan fingerprint density at radius 1 is 1.10 bits per heavy atom. The van der Waals surface area contributed by atoms with Crippen LogP contribution in [0, 0.1) is 13.8 Å². The number of hydrogen-bond donors (Lipinski definition) is 1. The van der Waals surface area contributed by atoms with E-state index < -0.39 is 0 Å². The maximum Gasteiger partial charge on any atom is 0.123 e. The van der Waals surface area contributed by atoms with E-state index in [9.17, 15) is 0 Å². The zero-order valence-electron chi connectivity index (χ0n) is 12.9. The van der Waals surface area contributed by atoms with E-state index in [-0.39, 0.29) is 6.04 Å². The average Bonchev–Trinajstić information content (AvgIpc) is 2.46. The SMILES string of the molecule is COc1ccccc1C(N)CSCc1cc(C)cc(C)c1. The second-order valence-corrected chi connectivity index (χ2v) is 6.39. The van der Waals surface area contributed by atoms with Crippen LogP contribution in [-0.4, -0.2) is 12.9 Å². The lowest BCUT2D eigenvalue weighted by atomic mass is 10.1. The molecule has 0 heterocycles. The quantitative estimate of drug-likeness (QED) is 0.866. The van der Waals surface area contributed by atoms with E-state index >= 15 is 0 Å². The largest absolute Gasteiger partial charge is 0.496 e. The predicted octanol–water partition coefficient (Wildman–Crippen LogP) is 4.25. The standard InChI is InChI=1S/C18H23NOS/c1-13-8-14(2)10-15(9-13)11-21-12-17(19)16-6-4-5-7-18(16)20-3/h4-10,17H,11-12,19H2,1-3H3. The lowest BCUT2D eigenvalue weighted by Gasteiger charge is -2.15. The van der Waals surface area contributed by atoms with Crippen LogP contribution in [0.3, 0.4) is 0 Å². The number of rotatable bonds is 6. The summed E-state index contributed by atoms with van der Waals surface area (Å²) >= 11 is 1.87. The van der Waals surface area contributed by atoms with Crippen molar-refractivity contribution in [2.75, 3.05) is 12.9 Å². The van der Waals surface area contributed by atoms with E-state index in [1.165, 1.54) is 16.7 Å². The Kier molecular flexibility index (Phi) is 5.71. The molecule has 0 saturated carbocycles. The zero-order valence-corrected chi connectivity index (χ0v) is 13.7. The van der Waals surface area contributed by atoms with Crippen molar-refractivity contribution in [1.82, 2.24) is 0 Å². The number of thioether (sulfide) groups is 1. The third-order valence-corrected chi connectivity index (χ3v) is 4.52. The van der Waals surface area contributed by atoms with Crippen LogP contribution in [0.5, 0.6) is 5.75 Å². The molecule has 1 atom stereocenters. The van der Waals surface area contributed by atoms with E-state index in [0.717, 1.165) is 22.8 Å². The van der Waals surface area contributed by atoms with Crippen LogP contribution >= 0.6 is 11.8 Å². The third-order valence-electron chi connectivity index (χ3n) is 3.39. The fraction of sp³-hybridized carbons (Fsp3) is 0.333. The molecule has 21 heavy (non-hydrogen) atoms. The molecule has 2 nitrogen and oxygen atoms in total. The first-order valence-electron chi connectivity index (χ1n) is 7.13. The van der Waals surface area contributed by atoms with Crippen molar-refractivity contribution >= 4 is 11.8 Å². The Morgan fingerprint density at radius 3 is 2.43 bits per heavy atom. The van der Waals surface area contributed by atoms with Gasteiger partial charge in [0, 0.05) is 23.1 Å². The highest BCUT2D eigenvalue weighted by Gasteiger charge is 2.11. The van der Waals surface area contributed by atoms with Gasteiger partial charge in [-0.15, -0.1) is 0 Å². The molecule has 2 aromatic rings. The Bertz CT molecular complexity index is 577. The van der Waals surface area contributed by atoms with Crippen LogP contribution in [0.15, 0.2) is 42.5 Å². The van der Waals surface area contributed by atoms with Gasteiger partial charge in [-0.3, -0.25) is 0 Å². The van der Waals surface area contributed by atoms with Crippen molar-refractivity contribution in [3.63, 3.8) is 0 Å². The molecule has 0 aliphatic heterocycles. The molecule has 1 unspecified atom stereocenters. The summed E-state index contributed by atoms with van der Waals surface area (Å²) in [5.41, 5.74) is 11.4. The van der Waals surface area contributed by atoms with Crippen LogP contribution in [0.4, 0.5) is 0 Å². The molecule has 0 aromatic heterocycles. The lowest BCUT2D eigenvalue weighted by molar-refractivity contribution is 0.407. The van der Waals surface area contributed by atoms with E-state index in [1.54, 1.807) is 7.11 Å². The van der Waals surface area contributed by atoms with E-state index in [4.69, 9.17) is 10.5 Å². The van der Waals surface area contributed by atoms with Crippen molar-refractivity contribution in [2.45, 2.75) is 25.6 Å². The maximum absolute atomic E-state index is 6.29. The number of ether oxygens (including phenoxy) is 1. The molecule has 0 fully saturated rings. The summed E-state index contributed by atoms with van der Waals surface area (Å²) in [4.78, 5) is 0. The summed E-state index contributed by atoms with van der Waals surface area (Å²) in [6.45, 7) is 4.28. The summed E-state index contributed by atoms with van der Waals surface area (Å²) in [7, 11) is 1.69. The van der Waals surface area contributed by atoms with Gasteiger partial charge in [-0.2, -0.15) is 11.8 Å². The lowest BCUT2D eigenvalue weighted by Crippen LogP contribution is -2.14. The summed E-state index contributed by atoms with van der Waals surface area (Å²) in [5, 5.41) is 0. The first-order chi connectivity index (χ1) is 10.1. The monoisotopic (exact) mass is 301 g/mol. The van der Waals surface area contributed by atoms with Gasteiger partial charge in [-0.05, 0) is 25.5 Å². The van der Waals surface area contributed by atoms with Crippen molar-refractivity contribution < 1.29 is 4.74 Å². The van der Waals surface area contributed by atoms with Crippen LogP contribution in [0.2, 0.25) is 0 Å². The summed E-state index contributed by atoms with van der Waals surface area (Å²) in [6, 6.07) is 14.7. The number of hydrogen-bond acceptors (Lipinski definition) is 3. The number of aryl methyl sites for hydroxylation is 2.